The van der Waals surface area contributed by atoms with Crippen LogP contribution >= 0.6 is 0 Å². The van der Waals surface area contributed by atoms with Crippen LogP contribution in [0.2, 0.25) is 0 Å². The summed E-state index contributed by atoms with van der Waals surface area (Å²) < 4.78 is 0. The van der Waals surface area contributed by atoms with Gasteiger partial charge in [-0.1, -0.05) is 20.4 Å². The summed E-state index contributed by atoms with van der Waals surface area (Å²) in [7, 11) is 0. The molecule has 1 saturated heterocycles. The fourth-order valence-corrected chi connectivity index (χ4v) is 1.61. The average molecular weight is 153 g/mol. The Bertz CT molecular complexity index is 151. The standard InChI is InChI=1S/C10H19N/c1-8(2)11-6-5-9(3)10(4)7-11/h9-10H,1,5-7H2,2-4H3. The second-order valence-corrected chi connectivity index (χ2v) is 3.92. The first kappa shape index (κ1) is 8.63. The Hall–Kier alpha value is -0.460. The third-order valence-electron chi connectivity index (χ3n) is 2.87. The van der Waals surface area contributed by atoms with Crippen LogP contribution in [0.4, 0.5) is 0 Å². The van der Waals surface area contributed by atoms with Gasteiger partial charge in [0, 0.05) is 18.8 Å². The van der Waals surface area contributed by atoms with Gasteiger partial charge in [-0.2, -0.15) is 0 Å². The van der Waals surface area contributed by atoms with Gasteiger partial charge in [-0.15, -0.1) is 0 Å². The molecule has 0 N–H and O–H groups in total. The zero-order valence-corrected chi connectivity index (χ0v) is 7.93. The second kappa shape index (κ2) is 3.29. The first-order valence-electron chi connectivity index (χ1n) is 4.51. The summed E-state index contributed by atoms with van der Waals surface area (Å²) in [5, 5.41) is 0. The SMILES string of the molecule is C=C(C)N1CCC(C)C(C)C1. The topological polar surface area (TPSA) is 3.24 Å². The Morgan fingerprint density at radius 3 is 2.45 bits per heavy atom. The largest absolute Gasteiger partial charge is 0.375 e. The minimum Gasteiger partial charge on any atom is -0.375 e. The molecule has 1 rings (SSSR count). The molecule has 11 heavy (non-hydrogen) atoms. The molecule has 0 bridgehead atoms. The Kier molecular flexibility index (Phi) is 2.58. The van der Waals surface area contributed by atoms with Crippen molar-refractivity contribution in [2.75, 3.05) is 13.1 Å². The van der Waals surface area contributed by atoms with Gasteiger partial charge in [-0.05, 0) is 25.2 Å². The van der Waals surface area contributed by atoms with E-state index in [1.165, 1.54) is 25.2 Å². The molecule has 1 nitrogen and oxygen atoms in total. The predicted octanol–water partition coefficient (Wildman–Crippen LogP) is 2.50. The highest BCUT2D eigenvalue weighted by molar-refractivity contribution is 4.92. The van der Waals surface area contributed by atoms with Crippen molar-refractivity contribution in [2.45, 2.75) is 27.2 Å². The van der Waals surface area contributed by atoms with Gasteiger partial charge in [0.15, 0.2) is 0 Å². The van der Waals surface area contributed by atoms with Gasteiger partial charge in [0.05, 0.1) is 0 Å². The highest BCUT2D eigenvalue weighted by Crippen LogP contribution is 2.23. The Labute approximate surface area is 70.1 Å². The number of rotatable bonds is 1. The first-order valence-corrected chi connectivity index (χ1v) is 4.51. The van der Waals surface area contributed by atoms with Gasteiger partial charge < -0.3 is 4.90 Å². The summed E-state index contributed by atoms with van der Waals surface area (Å²) >= 11 is 0. The van der Waals surface area contributed by atoms with Crippen LogP contribution in [0.15, 0.2) is 12.3 Å². The number of allylic oxidation sites excluding steroid dienone is 1. The Balaban J connectivity index is 2.46. The molecule has 0 spiro atoms. The maximum absolute atomic E-state index is 3.96. The van der Waals surface area contributed by atoms with E-state index in [1.807, 2.05) is 0 Å². The van der Waals surface area contributed by atoms with E-state index in [9.17, 15) is 0 Å². The maximum atomic E-state index is 3.96. The van der Waals surface area contributed by atoms with Crippen LogP contribution in [0.3, 0.4) is 0 Å². The lowest BCUT2D eigenvalue weighted by Crippen LogP contribution is -2.36. The molecular weight excluding hydrogens is 134 g/mol. The highest BCUT2D eigenvalue weighted by atomic mass is 15.1. The monoisotopic (exact) mass is 153 g/mol. The van der Waals surface area contributed by atoms with Gasteiger partial charge in [0.2, 0.25) is 0 Å². The molecule has 64 valence electrons. The highest BCUT2D eigenvalue weighted by Gasteiger charge is 2.21. The minimum absolute atomic E-state index is 0.834. The van der Waals surface area contributed by atoms with Crippen molar-refractivity contribution < 1.29 is 0 Å². The maximum Gasteiger partial charge on any atom is 0.0202 e. The molecule has 1 heteroatoms. The lowest BCUT2D eigenvalue weighted by atomic mass is 9.88. The molecule has 0 aromatic heterocycles. The van der Waals surface area contributed by atoms with E-state index >= 15 is 0 Å². The van der Waals surface area contributed by atoms with Crippen molar-refractivity contribution in [3.63, 3.8) is 0 Å². The van der Waals surface area contributed by atoms with Crippen molar-refractivity contribution >= 4 is 0 Å². The summed E-state index contributed by atoms with van der Waals surface area (Å²) in [5.41, 5.74) is 1.23. The molecule has 1 fully saturated rings. The summed E-state index contributed by atoms with van der Waals surface area (Å²) in [5.74, 6) is 1.73. The van der Waals surface area contributed by atoms with E-state index in [2.05, 4.69) is 32.3 Å². The normalized spacial score (nSPS) is 32.1. The van der Waals surface area contributed by atoms with Crippen LogP contribution in [-0.4, -0.2) is 18.0 Å². The molecule has 2 atom stereocenters. The van der Waals surface area contributed by atoms with Crippen LogP contribution in [-0.2, 0) is 0 Å². The van der Waals surface area contributed by atoms with Crippen molar-refractivity contribution in [2.24, 2.45) is 11.8 Å². The molecule has 0 aliphatic carbocycles. The van der Waals surface area contributed by atoms with Gasteiger partial charge in [-0.25, -0.2) is 0 Å². The number of nitrogens with zero attached hydrogens (tertiary/aromatic N) is 1. The number of likely N-dealkylation sites (tertiary alicyclic amines) is 1. The van der Waals surface area contributed by atoms with E-state index in [0.29, 0.717) is 0 Å². The summed E-state index contributed by atoms with van der Waals surface area (Å²) in [6.45, 7) is 13.2. The van der Waals surface area contributed by atoms with E-state index < -0.39 is 0 Å². The van der Waals surface area contributed by atoms with Crippen LogP contribution in [0.25, 0.3) is 0 Å². The number of hydrogen-bond acceptors (Lipinski definition) is 1. The van der Waals surface area contributed by atoms with Crippen molar-refractivity contribution in [3.8, 4) is 0 Å². The van der Waals surface area contributed by atoms with E-state index in [0.717, 1.165) is 11.8 Å². The zero-order chi connectivity index (χ0) is 8.43. The lowest BCUT2D eigenvalue weighted by molar-refractivity contribution is 0.173. The third kappa shape index (κ3) is 1.98. The van der Waals surface area contributed by atoms with Crippen LogP contribution in [0.1, 0.15) is 27.2 Å². The van der Waals surface area contributed by atoms with Crippen LogP contribution in [0.5, 0.6) is 0 Å². The van der Waals surface area contributed by atoms with Gasteiger partial charge in [0.1, 0.15) is 0 Å². The fraction of sp³-hybridized carbons (Fsp3) is 0.800. The smallest absolute Gasteiger partial charge is 0.0202 e. The van der Waals surface area contributed by atoms with Gasteiger partial charge in [0.25, 0.3) is 0 Å². The third-order valence-corrected chi connectivity index (χ3v) is 2.87. The fourth-order valence-electron chi connectivity index (χ4n) is 1.61. The molecule has 0 aromatic carbocycles. The number of hydrogen-bond donors (Lipinski definition) is 0. The summed E-state index contributed by atoms with van der Waals surface area (Å²) in [4.78, 5) is 2.39. The zero-order valence-electron chi connectivity index (χ0n) is 7.93. The Morgan fingerprint density at radius 2 is 2.00 bits per heavy atom. The molecular formula is C10H19N. The first-order chi connectivity index (χ1) is 5.11. The van der Waals surface area contributed by atoms with Crippen molar-refractivity contribution in [3.05, 3.63) is 12.3 Å². The van der Waals surface area contributed by atoms with Crippen LogP contribution in [0, 0.1) is 11.8 Å². The van der Waals surface area contributed by atoms with Crippen molar-refractivity contribution in [1.82, 2.24) is 4.90 Å². The minimum atomic E-state index is 0.834. The molecule has 1 aliphatic rings. The summed E-state index contributed by atoms with van der Waals surface area (Å²) in [6, 6.07) is 0. The molecule has 0 amide bonds. The molecule has 0 radical (unpaired) electrons. The lowest BCUT2D eigenvalue weighted by Gasteiger charge is -2.36. The van der Waals surface area contributed by atoms with Gasteiger partial charge >= 0.3 is 0 Å². The quantitative estimate of drug-likeness (QED) is 0.559. The molecule has 2 unspecified atom stereocenters. The molecule has 1 heterocycles. The molecule has 0 aromatic rings. The predicted molar refractivity (Wildman–Crippen MR) is 49.3 cm³/mol. The van der Waals surface area contributed by atoms with E-state index in [-0.39, 0.29) is 0 Å². The second-order valence-electron chi connectivity index (χ2n) is 3.92. The van der Waals surface area contributed by atoms with E-state index in [1.54, 1.807) is 0 Å². The van der Waals surface area contributed by atoms with Crippen molar-refractivity contribution in [1.29, 1.82) is 0 Å². The van der Waals surface area contributed by atoms with E-state index in [4.69, 9.17) is 0 Å². The number of piperidine rings is 1. The molecule has 1 aliphatic heterocycles. The molecule has 0 saturated carbocycles. The average Bonchev–Trinajstić information content (AvgIpc) is 1.94. The van der Waals surface area contributed by atoms with Crippen LogP contribution < -0.4 is 0 Å². The summed E-state index contributed by atoms with van der Waals surface area (Å²) in [6.07, 6.45) is 1.33. The Morgan fingerprint density at radius 1 is 1.36 bits per heavy atom. The van der Waals surface area contributed by atoms with Gasteiger partial charge in [-0.3, -0.25) is 0 Å².